The predicted octanol–water partition coefficient (Wildman–Crippen LogP) is 1.81. The summed E-state index contributed by atoms with van der Waals surface area (Å²) in [4.78, 5) is 5.00. The van der Waals surface area contributed by atoms with E-state index in [1.54, 1.807) is 0 Å². The fraction of sp³-hybridized carbons (Fsp3) is 1.00. The Labute approximate surface area is 107 Å². The van der Waals surface area contributed by atoms with Gasteiger partial charge < -0.3 is 14.9 Å². The third-order valence-electron chi connectivity index (χ3n) is 4.05. The van der Waals surface area contributed by atoms with E-state index < -0.39 is 0 Å². The second-order valence-electron chi connectivity index (χ2n) is 5.43. The molecular weight excluding hydrogens is 212 g/mol. The number of hydrogen-bond donors (Lipinski definition) is 1. The maximum atomic E-state index is 8.94. The Morgan fingerprint density at radius 3 is 2.35 bits per heavy atom. The SMILES string of the molecule is CC[C@@H](CCO)CCCCN1CCN(C)CC1. The van der Waals surface area contributed by atoms with Gasteiger partial charge in [0.1, 0.15) is 0 Å². The average molecular weight is 242 g/mol. The van der Waals surface area contributed by atoms with E-state index in [0.29, 0.717) is 6.61 Å². The zero-order chi connectivity index (χ0) is 12.5. The van der Waals surface area contributed by atoms with E-state index in [-0.39, 0.29) is 0 Å². The Morgan fingerprint density at radius 1 is 1.06 bits per heavy atom. The third-order valence-corrected chi connectivity index (χ3v) is 4.05. The summed E-state index contributed by atoms with van der Waals surface area (Å²) < 4.78 is 0. The van der Waals surface area contributed by atoms with Crippen LogP contribution in [0.4, 0.5) is 0 Å². The Kier molecular flexibility index (Phi) is 7.82. The van der Waals surface area contributed by atoms with Gasteiger partial charge in [-0.2, -0.15) is 0 Å². The maximum Gasteiger partial charge on any atom is 0.0433 e. The Balaban J connectivity index is 1.99. The van der Waals surface area contributed by atoms with Crippen LogP contribution < -0.4 is 0 Å². The van der Waals surface area contributed by atoms with Crippen molar-refractivity contribution in [1.82, 2.24) is 9.80 Å². The molecule has 1 atom stereocenters. The summed E-state index contributed by atoms with van der Waals surface area (Å²) >= 11 is 0. The van der Waals surface area contributed by atoms with Gasteiger partial charge in [-0.05, 0) is 32.4 Å². The highest BCUT2D eigenvalue weighted by molar-refractivity contribution is 4.69. The van der Waals surface area contributed by atoms with Crippen molar-refractivity contribution in [2.45, 2.75) is 39.0 Å². The van der Waals surface area contributed by atoms with Gasteiger partial charge in [0.05, 0.1) is 0 Å². The molecule has 0 aromatic heterocycles. The van der Waals surface area contributed by atoms with Crippen molar-refractivity contribution in [2.24, 2.45) is 5.92 Å². The van der Waals surface area contributed by atoms with E-state index in [1.807, 2.05) is 0 Å². The van der Waals surface area contributed by atoms with Gasteiger partial charge in [0.2, 0.25) is 0 Å². The number of aliphatic hydroxyl groups excluding tert-OH is 1. The van der Waals surface area contributed by atoms with Crippen LogP contribution in [0.1, 0.15) is 39.0 Å². The molecule has 1 heterocycles. The molecule has 1 N–H and O–H groups in total. The van der Waals surface area contributed by atoms with E-state index >= 15 is 0 Å². The molecule has 0 radical (unpaired) electrons. The normalized spacial score (nSPS) is 20.6. The number of rotatable bonds is 8. The van der Waals surface area contributed by atoms with Gasteiger partial charge in [-0.3, -0.25) is 0 Å². The minimum atomic E-state index is 0.358. The van der Waals surface area contributed by atoms with Crippen molar-refractivity contribution in [3.05, 3.63) is 0 Å². The van der Waals surface area contributed by atoms with Crippen LogP contribution >= 0.6 is 0 Å². The molecule has 0 bridgehead atoms. The summed E-state index contributed by atoms with van der Waals surface area (Å²) in [5, 5.41) is 8.94. The van der Waals surface area contributed by atoms with Crippen LogP contribution in [0.5, 0.6) is 0 Å². The number of nitrogens with zero attached hydrogens (tertiary/aromatic N) is 2. The van der Waals surface area contributed by atoms with Crippen LogP contribution in [0.15, 0.2) is 0 Å². The number of likely N-dealkylation sites (N-methyl/N-ethyl adjacent to an activating group) is 1. The molecule has 0 amide bonds. The van der Waals surface area contributed by atoms with Crippen molar-refractivity contribution in [3.8, 4) is 0 Å². The maximum absolute atomic E-state index is 8.94. The molecule has 0 aliphatic carbocycles. The fourth-order valence-corrected chi connectivity index (χ4v) is 2.58. The van der Waals surface area contributed by atoms with E-state index in [4.69, 9.17) is 5.11 Å². The molecular formula is C14H30N2O. The van der Waals surface area contributed by atoms with Crippen LogP contribution in [-0.2, 0) is 0 Å². The second kappa shape index (κ2) is 8.90. The lowest BCUT2D eigenvalue weighted by molar-refractivity contribution is 0.151. The number of piperazine rings is 1. The standard InChI is InChI=1S/C14H30N2O/c1-3-14(7-13-17)6-4-5-8-16-11-9-15(2)10-12-16/h14,17H,3-13H2,1-2H3/t14-/m1/s1. The number of unbranched alkanes of at least 4 members (excludes halogenated alkanes) is 1. The highest BCUT2D eigenvalue weighted by Crippen LogP contribution is 2.16. The molecule has 0 saturated carbocycles. The van der Waals surface area contributed by atoms with Crippen LogP contribution in [0, 0.1) is 5.92 Å². The van der Waals surface area contributed by atoms with Crippen LogP contribution in [0.25, 0.3) is 0 Å². The van der Waals surface area contributed by atoms with Crippen molar-refractivity contribution < 1.29 is 5.11 Å². The molecule has 1 rings (SSSR count). The highest BCUT2D eigenvalue weighted by atomic mass is 16.3. The predicted molar refractivity (Wildman–Crippen MR) is 73.3 cm³/mol. The van der Waals surface area contributed by atoms with Crippen molar-refractivity contribution >= 4 is 0 Å². The summed E-state index contributed by atoms with van der Waals surface area (Å²) in [5.41, 5.74) is 0. The van der Waals surface area contributed by atoms with Crippen LogP contribution in [0.2, 0.25) is 0 Å². The monoisotopic (exact) mass is 242 g/mol. The van der Waals surface area contributed by atoms with Crippen molar-refractivity contribution in [3.63, 3.8) is 0 Å². The van der Waals surface area contributed by atoms with Gasteiger partial charge in [-0.15, -0.1) is 0 Å². The molecule has 0 aromatic rings. The molecule has 1 aliphatic heterocycles. The summed E-state index contributed by atoms with van der Waals surface area (Å²) in [6.07, 6.45) is 6.15. The average Bonchev–Trinajstić information content (AvgIpc) is 2.35. The zero-order valence-corrected chi connectivity index (χ0v) is 11.7. The molecule has 3 heteroatoms. The first-order valence-electron chi connectivity index (χ1n) is 7.28. The van der Waals surface area contributed by atoms with Crippen LogP contribution in [-0.4, -0.2) is 61.3 Å². The van der Waals surface area contributed by atoms with E-state index in [0.717, 1.165) is 12.3 Å². The van der Waals surface area contributed by atoms with Gasteiger partial charge in [0.25, 0.3) is 0 Å². The summed E-state index contributed by atoms with van der Waals surface area (Å²) in [6.45, 7) is 8.79. The zero-order valence-electron chi connectivity index (χ0n) is 11.7. The lowest BCUT2D eigenvalue weighted by Gasteiger charge is -2.32. The highest BCUT2D eigenvalue weighted by Gasteiger charge is 2.13. The third kappa shape index (κ3) is 6.39. The van der Waals surface area contributed by atoms with E-state index in [2.05, 4.69) is 23.8 Å². The molecule has 3 nitrogen and oxygen atoms in total. The summed E-state index contributed by atoms with van der Waals surface area (Å²) in [7, 11) is 2.21. The van der Waals surface area contributed by atoms with Gasteiger partial charge in [-0.25, -0.2) is 0 Å². The smallest absolute Gasteiger partial charge is 0.0433 e. The van der Waals surface area contributed by atoms with Gasteiger partial charge >= 0.3 is 0 Å². The minimum Gasteiger partial charge on any atom is -0.396 e. The molecule has 102 valence electrons. The Morgan fingerprint density at radius 2 is 1.76 bits per heavy atom. The first kappa shape index (κ1) is 14.9. The largest absolute Gasteiger partial charge is 0.396 e. The van der Waals surface area contributed by atoms with Gasteiger partial charge in [0, 0.05) is 32.8 Å². The van der Waals surface area contributed by atoms with Crippen LogP contribution in [0.3, 0.4) is 0 Å². The fourth-order valence-electron chi connectivity index (χ4n) is 2.58. The molecule has 1 saturated heterocycles. The number of aliphatic hydroxyl groups is 1. The Hall–Kier alpha value is -0.120. The molecule has 0 aromatic carbocycles. The number of hydrogen-bond acceptors (Lipinski definition) is 3. The molecule has 0 unspecified atom stereocenters. The minimum absolute atomic E-state index is 0.358. The molecule has 1 fully saturated rings. The van der Waals surface area contributed by atoms with Gasteiger partial charge in [-0.1, -0.05) is 26.2 Å². The quantitative estimate of drug-likeness (QED) is 0.658. The van der Waals surface area contributed by atoms with Gasteiger partial charge in [0.15, 0.2) is 0 Å². The molecule has 17 heavy (non-hydrogen) atoms. The van der Waals surface area contributed by atoms with E-state index in [1.165, 1.54) is 58.4 Å². The Bertz CT molecular complexity index is 179. The summed E-state index contributed by atoms with van der Waals surface area (Å²) in [6, 6.07) is 0. The van der Waals surface area contributed by atoms with E-state index in [9.17, 15) is 0 Å². The molecule has 1 aliphatic rings. The topological polar surface area (TPSA) is 26.7 Å². The molecule has 0 spiro atoms. The van der Waals surface area contributed by atoms with Crippen molar-refractivity contribution in [2.75, 3.05) is 46.4 Å². The lowest BCUT2D eigenvalue weighted by Crippen LogP contribution is -2.44. The van der Waals surface area contributed by atoms with Crippen molar-refractivity contribution in [1.29, 1.82) is 0 Å². The lowest BCUT2D eigenvalue weighted by atomic mass is 9.96. The summed E-state index contributed by atoms with van der Waals surface area (Å²) in [5.74, 6) is 0.743. The second-order valence-corrected chi connectivity index (χ2v) is 5.43. The first-order valence-corrected chi connectivity index (χ1v) is 7.28. The first-order chi connectivity index (χ1) is 8.26.